The summed E-state index contributed by atoms with van der Waals surface area (Å²) in [6, 6.07) is 7.71. The van der Waals surface area contributed by atoms with Gasteiger partial charge in [-0.05, 0) is 12.1 Å². The van der Waals surface area contributed by atoms with Gasteiger partial charge in [-0.1, -0.05) is 18.2 Å². The Balaban J connectivity index is 2.52. The second-order valence-corrected chi connectivity index (χ2v) is 6.49. The van der Waals surface area contributed by atoms with Crippen molar-refractivity contribution in [3.05, 3.63) is 30.3 Å². The third kappa shape index (κ3) is 1.91. The van der Waals surface area contributed by atoms with Crippen molar-refractivity contribution >= 4 is 15.8 Å². The van der Waals surface area contributed by atoms with Crippen molar-refractivity contribution in [1.82, 2.24) is 0 Å². The largest absolute Gasteiger partial charge is 0.480 e. The van der Waals surface area contributed by atoms with Gasteiger partial charge in [0.2, 0.25) is 0 Å². The third-order valence-electron chi connectivity index (χ3n) is 3.26. The average molecular weight is 270 g/mol. The molecule has 5 nitrogen and oxygen atoms in total. The number of rotatable bonds is 3. The Bertz CT molecular complexity index is 529. The minimum Gasteiger partial charge on any atom is -0.480 e. The molecule has 0 radical (unpaired) electrons. The summed E-state index contributed by atoms with van der Waals surface area (Å²) in [5.41, 5.74) is 0. The molecule has 18 heavy (non-hydrogen) atoms. The van der Waals surface area contributed by atoms with Gasteiger partial charge in [-0.15, -0.1) is 0 Å². The zero-order valence-electron chi connectivity index (χ0n) is 9.70. The third-order valence-corrected chi connectivity index (χ3v) is 5.76. The van der Waals surface area contributed by atoms with Crippen LogP contribution in [0.15, 0.2) is 35.2 Å². The molecule has 1 N–H and O–H groups in total. The highest BCUT2D eigenvalue weighted by atomic mass is 32.2. The summed E-state index contributed by atoms with van der Waals surface area (Å²) in [6.45, 7) is 0.302. The number of benzene rings is 1. The quantitative estimate of drug-likeness (QED) is 0.889. The van der Waals surface area contributed by atoms with E-state index in [1.165, 1.54) is 12.1 Å². The van der Waals surface area contributed by atoms with E-state index >= 15 is 0 Å². The molecule has 0 aliphatic carbocycles. The van der Waals surface area contributed by atoms with Crippen molar-refractivity contribution in [2.75, 3.05) is 13.2 Å². The van der Waals surface area contributed by atoms with E-state index in [1.54, 1.807) is 18.2 Å². The van der Waals surface area contributed by atoms with Gasteiger partial charge in [-0.2, -0.15) is 0 Å². The van der Waals surface area contributed by atoms with Crippen molar-refractivity contribution in [3.8, 4) is 0 Å². The van der Waals surface area contributed by atoms with E-state index in [-0.39, 0.29) is 31.0 Å². The van der Waals surface area contributed by atoms with Crippen LogP contribution in [0.25, 0.3) is 0 Å². The average Bonchev–Trinajstić information content (AvgIpc) is 2.40. The molecule has 98 valence electrons. The Morgan fingerprint density at radius 2 is 1.72 bits per heavy atom. The van der Waals surface area contributed by atoms with Gasteiger partial charge in [0.25, 0.3) is 0 Å². The number of hydrogen-bond acceptors (Lipinski definition) is 4. The van der Waals surface area contributed by atoms with Crippen LogP contribution in [0.2, 0.25) is 0 Å². The van der Waals surface area contributed by atoms with Crippen LogP contribution in [-0.4, -0.2) is 37.5 Å². The maximum atomic E-state index is 12.5. The smallest absolute Gasteiger partial charge is 0.325 e. The zero-order chi connectivity index (χ0) is 13.2. The molecule has 0 bridgehead atoms. The molecule has 1 aromatic rings. The second-order valence-electron chi connectivity index (χ2n) is 4.23. The summed E-state index contributed by atoms with van der Waals surface area (Å²) in [5, 5.41) is 9.35. The minimum absolute atomic E-state index is 0.0143. The van der Waals surface area contributed by atoms with Gasteiger partial charge in [0.05, 0.1) is 4.90 Å². The van der Waals surface area contributed by atoms with Crippen LogP contribution in [0.3, 0.4) is 0 Å². The highest BCUT2D eigenvalue weighted by Crippen LogP contribution is 2.35. The summed E-state index contributed by atoms with van der Waals surface area (Å²) < 4.78 is 28.3. The van der Waals surface area contributed by atoms with Gasteiger partial charge >= 0.3 is 5.97 Å². The van der Waals surface area contributed by atoms with E-state index in [9.17, 15) is 18.3 Å². The monoisotopic (exact) mass is 270 g/mol. The Morgan fingerprint density at radius 3 is 2.22 bits per heavy atom. The van der Waals surface area contributed by atoms with Gasteiger partial charge in [-0.3, -0.25) is 4.79 Å². The molecule has 1 fully saturated rings. The fourth-order valence-corrected chi connectivity index (χ4v) is 4.02. The van der Waals surface area contributed by atoms with Gasteiger partial charge in [-0.25, -0.2) is 8.42 Å². The first-order valence-corrected chi connectivity index (χ1v) is 7.10. The number of aliphatic carboxylic acids is 1. The molecular formula is C12H14O5S. The lowest BCUT2D eigenvalue weighted by molar-refractivity contribution is -0.142. The lowest BCUT2D eigenvalue weighted by Gasteiger charge is -2.32. The van der Waals surface area contributed by atoms with Crippen LogP contribution in [0.5, 0.6) is 0 Å². The van der Waals surface area contributed by atoms with E-state index in [0.29, 0.717) is 0 Å². The summed E-state index contributed by atoms with van der Waals surface area (Å²) in [5.74, 6) is -1.30. The fraction of sp³-hybridized carbons (Fsp3) is 0.417. The van der Waals surface area contributed by atoms with Crippen LogP contribution in [0.4, 0.5) is 0 Å². The Kier molecular flexibility index (Phi) is 3.41. The molecule has 1 heterocycles. The number of hydrogen-bond donors (Lipinski definition) is 1. The van der Waals surface area contributed by atoms with E-state index in [4.69, 9.17) is 4.74 Å². The van der Waals surface area contributed by atoms with Gasteiger partial charge in [0, 0.05) is 26.1 Å². The Morgan fingerprint density at radius 1 is 1.17 bits per heavy atom. The summed E-state index contributed by atoms with van der Waals surface area (Å²) >= 11 is 0. The number of ether oxygens (including phenoxy) is 1. The molecule has 0 atom stereocenters. The highest BCUT2D eigenvalue weighted by Gasteiger charge is 2.52. The lowest BCUT2D eigenvalue weighted by atomic mass is 9.99. The molecule has 0 spiro atoms. The van der Waals surface area contributed by atoms with Crippen LogP contribution in [0.1, 0.15) is 12.8 Å². The van der Waals surface area contributed by atoms with E-state index in [0.717, 1.165) is 0 Å². The maximum absolute atomic E-state index is 12.5. The predicted molar refractivity (Wildman–Crippen MR) is 64.0 cm³/mol. The first kappa shape index (κ1) is 13.0. The number of carbonyl (C=O) groups is 1. The number of sulfone groups is 1. The minimum atomic E-state index is -3.90. The van der Waals surface area contributed by atoms with Crippen LogP contribution in [-0.2, 0) is 19.4 Å². The molecule has 0 saturated carbocycles. The summed E-state index contributed by atoms with van der Waals surface area (Å²) in [4.78, 5) is 11.5. The Labute approximate surface area is 105 Å². The highest BCUT2D eigenvalue weighted by molar-refractivity contribution is 7.93. The molecule has 0 aromatic heterocycles. The van der Waals surface area contributed by atoms with Crippen LogP contribution >= 0.6 is 0 Å². The SMILES string of the molecule is O=C(O)C1(S(=O)(=O)c2ccccc2)CCOCC1. The molecule has 1 aromatic carbocycles. The molecule has 1 saturated heterocycles. The van der Waals surface area contributed by atoms with Crippen LogP contribution < -0.4 is 0 Å². The molecule has 1 aliphatic rings. The number of carboxylic acids is 1. The fourth-order valence-electron chi connectivity index (χ4n) is 2.12. The van der Waals surface area contributed by atoms with Crippen molar-refractivity contribution in [1.29, 1.82) is 0 Å². The lowest BCUT2D eigenvalue weighted by Crippen LogP contribution is -2.50. The molecule has 1 aliphatic heterocycles. The molecule has 2 rings (SSSR count). The first-order valence-electron chi connectivity index (χ1n) is 5.61. The standard InChI is InChI=1S/C12H14O5S/c13-11(14)12(6-8-17-9-7-12)18(15,16)10-4-2-1-3-5-10/h1-5H,6-9H2,(H,13,14). The summed E-state index contributed by atoms with van der Waals surface area (Å²) in [7, 11) is -3.90. The maximum Gasteiger partial charge on any atom is 0.325 e. The number of carboxylic acid groups (broad SMARTS) is 1. The molecular weight excluding hydrogens is 256 g/mol. The topological polar surface area (TPSA) is 80.7 Å². The van der Waals surface area contributed by atoms with Crippen molar-refractivity contribution in [2.24, 2.45) is 0 Å². The second kappa shape index (κ2) is 4.70. The zero-order valence-corrected chi connectivity index (χ0v) is 10.5. The van der Waals surface area contributed by atoms with E-state index in [2.05, 4.69) is 0 Å². The van der Waals surface area contributed by atoms with Gasteiger partial charge < -0.3 is 9.84 Å². The summed E-state index contributed by atoms with van der Waals surface area (Å²) in [6.07, 6.45) is -0.0286. The molecule has 0 unspecified atom stereocenters. The van der Waals surface area contributed by atoms with Crippen molar-refractivity contribution in [3.63, 3.8) is 0 Å². The molecule has 0 amide bonds. The molecule has 6 heteroatoms. The van der Waals surface area contributed by atoms with Gasteiger partial charge in [0.1, 0.15) is 0 Å². The van der Waals surface area contributed by atoms with Crippen LogP contribution in [0, 0.1) is 0 Å². The normalized spacial score (nSPS) is 19.3. The van der Waals surface area contributed by atoms with Gasteiger partial charge in [0.15, 0.2) is 14.6 Å². The van der Waals surface area contributed by atoms with Crippen molar-refractivity contribution < 1.29 is 23.1 Å². The van der Waals surface area contributed by atoms with Crippen molar-refractivity contribution in [2.45, 2.75) is 22.5 Å². The van der Waals surface area contributed by atoms with E-state index in [1.807, 2.05) is 0 Å². The first-order chi connectivity index (χ1) is 8.51. The van der Waals surface area contributed by atoms with E-state index < -0.39 is 20.6 Å². The predicted octanol–water partition coefficient (Wildman–Crippen LogP) is 1.09. The Hall–Kier alpha value is -1.40.